The molecule has 0 aliphatic heterocycles. The average molecular weight is 306 g/mol. The Labute approximate surface area is 124 Å². The number of benzene rings is 1. The molecule has 2 atom stereocenters. The number of pyridine rings is 1. The topological polar surface area (TPSA) is 62.7 Å². The van der Waals surface area contributed by atoms with Crippen LogP contribution in [-0.2, 0) is 9.09 Å². The van der Waals surface area contributed by atoms with Gasteiger partial charge in [-0.25, -0.2) is 0 Å². The second-order valence-electron chi connectivity index (χ2n) is 4.85. The summed E-state index contributed by atoms with van der Waals surface area (Å²) in [5.74, 6) is -1.23. The first-order chi connectivity index (χ1) is 9.99. The molecule has 0 saturated carbocycles. The number of anilines is 1. The second kappa shape index (κ2) is 6.39. The number of rotatable bonds is 5. The van der Waals surface area contributed by atoms with Crippen molar-refractivity contribution in [3.63, 3.8) is 0 Å². The maximum absolute atomic E-state index is 13.1. The molecule has 0 unspecified atom stereocenters. The van der Waals surface area contributed by atoms with Gasteiger partial charge in [-0.2, -0.15) is 0 Å². The Balaban J connectivity index is 2.39. The number of hydrogen-bond donors (Lipinski definition) is 1. The Morgan fingerprint density at radius 1 is 1.24 bits per heavy atom. The predicted molar refractivity (Wildman–Crippen MR) is 84.2 cm³/mol. The van der Waals surface area contributed by atoms with Crippen molar-refractivity contribution in [2.75, 3.05) is 26.1 Å². The Morgan fingerprint density at radius 2 is 1.90 bits per heavy atom. The van der Waals surface area contributed by atoms with Crippen molar-refractivity contribution in [3.8, 4) is 0 Å². The lowest BCUT2D eigenvalue weighted by Crippen LogP contribution is -2.15. The monoisotopic (exact) mass is 306 g/mol. The minimum Gasteiger partial charge on any atom is -0.378 e. The van der Waals surface area contributed by atoms with E-state index in [0.717, 1.165) is 5.69 Å². The molecular weight excluding hydrogens is 287 g/mol. The molecule has 0 amide bonds. The molecule has 1 aromatic carbocycles. The highest BCUT2D eigenvalue weighted by atomic mass is 31.2. The van der Waals surface area contributed by atoms with Crippen LogP contribution in [0, 0.1) is 0 Å². The standard InChI is InChI=1S/C15H19N2O3P/c1-17(2)13-6-8-14(9-7-13)21(19,20-3)15(18)12-5-4-10-16-11-12/h4-11,15,18H,1-3H3/t15-,21+/m0/s1. The van der Waals surface area contributed by atoms with Gasteiger partial charge < -0.3 is 14.5 Å². The first-order valence-electron chi connectivity index (χ1n) is 6.50. The molecule has 2 aromatic rings. The minimum absolute atomic E-state index is 0.472. The van der Waals surface area contributed by atoms with Crippen molar-refractivity contribution in [3.05, 3.63) is 54.4 Å². The number of aliphatic hydroxyl groups excluding tert-OH is 1. The molecule has 0 radical (unpaired) electrons. The molecule has 112 valence electrons. The molecule has 1 N–H and O–H groups in total. The summed E-state index contributed by atoms with van der Waals surface area (Å²) in [5, 5.41) is 10.9. The molecule has 21 heavy (non-hydrogen) atoms. The zero-order chi connectivity index (χ0) is 15.5. The van der Waals surface area contributed by atoms with Gasteiger partial charge in [-0.15, -0.1) is 0 Å². The number of aliphatic hydroxyl groups is 1. The van der Waals surface area contributed by atoms with Crippen LogP contribution in [-0.4, -0.2) is 31.3 Å². The summed E-state index contributed by atoms with van der Waals surface area (Å²) in [4.78, 5) is 5.88. The van der Waals surface area contributed by atoms with Crippen molar-refractivity contribution in [2.45, 2.75) is 5.85 Å². The minimum atomic E-state index is -3.42. The van der Waals surface area contributed by atoms with Gasteiger partial charge in [0.05, 0.1) is 0 Å². The Hall–Kier alpha value is -1.68. The lowest BCUT2D eigenvalue weighted by Gasteiger charge is -2.23. The largest absolute Gasteiger partial charge is 0.378 e. The van der Waals surface area contributed by atoms with E-state index >= 15 is 0 Å². The molecule has 0 spiro atoms. The molecule has 2 rings (SSSR count). The van der Waals surface area contributed by atoms with E-state index in [1.807, 2.05) is 31.1 Å². The molecule has 5 nitrogen and oxygen atoms in total. The summed E-state index contributed by atoms with van der Waals surface area (Å²) in [6, 6.07) is 10.5. The Bertz CT molecular complexity index is 629. The zero-order valence-electron chi connectivity index (χ0n) is 12.3. The van der Waals surface area contributed by atoms with Crippen LogP contribution in [0.25, 0.3) is 0 Å². The van der Waals surface area contributed by atoms with Gasteiger partial charge in [0.1, 0.15) is 0 Å². The number of aromatic nitrogens is 1. The van der Waals surface area contributed by atoms with Gasteiger partial charge in [-0.05, 0) is 30.3 Å². The first kappa shape index (κ1) is 15.7. The molecule has 0 bridgehead atoms. The van der Waals surface area contributed by atoms with Crippen molar-refractivity contribution >= 4 is 18.4 Å². The highest BCUT2D eigenvalue weighted by Gasteiger charge is 2.35. The zero-order valence-corrected chi connectivity index (χ0v) is 13.2. The highest BCUT2D eigenvalue weighted by Crippen LogP contribution is 2.56. The third-order valence-electron chi connectivity index (χ3n) is 3.30. The fourth-order valence-corrected chi connectivity index (χ4v) is 3.83. The molecule has 0 aliphatic rings. The molecule has 0 fully saturated rings. The normalized spacial score (nSPS) is 15.2. The predicted octanol–water partition coefficient (Wildman–Crippen LogP) is 2.39. The quantitative estimate of drug-likeness (QED) is 0.859. The lowest BCUT2D eigenvalue weighted by molar-refractivity contribution is 0.228. The van der Waals surface area contributed by atoms with Gasteiger partial charge in [0.25, 0.3) is 7.37 Å². The SMILES string of the molecule is CO[P@](=O)(c1ccc(N(C)C)cc1)[C@H](O)c1cccnc1. The van der Waals surface area contributed by atoms with Crippen LogP contribution in [0.5, 0.6) is 0 Å². The van der Waals surface area contributed by atoms with Crippen LogP contribution < -0.4 is 10.2 Å². The smallest absolute Gasteiger partial charge is 0.263 e. The molecule has 1 heterocycles. The molecule has 0 aliphatic carbocycles. The van der Waals surface area contributed by atoms with Crippen LogP contribution in [0.3, 0.4) is 0 Å². The Kier molecular flexibility index (Phi) is 4.78. The van der Waals surface area contributed by atoms with E-state index in [2.05, 4.69) is 4.98 Å². The average Bonchev–Trinajstić information content (AvgIpc) is 2.54. The fourth-order valence-electron chi connectivity index (χ4n) is 2.03. The third kappa shape index (κ3) is 3.16. The van der Waals surface area contributed by atoms with Crippen molar-refractivity contribution < 1.29 is 14.2 Å². The van der Waals surface area contributed by atoms with Crippen molar-refractivity contribution in [1.82, 2.24) is 4.98 Å². The van der Waals surface area contributed by atoms with Gasteiger partial charge in [-0.3, -0.25) is 9.55 Å². The van der Waals surface area contributed by atoms with E-state index in [9.17, 15) is 9.67 Å². The van der Waals surface area contributed by atoms with Gasteiger partial charge in [-0.1, -0.05) is 6.07 Å². The fraction of sp³-hybridized carbons (Fsp3) is 0.267. The summed E-state index contributed by atoms with van der Waals surface area (Å²) in [6.45, 7) is 0. The summed E-state index contributed by atoms with van der Waals surface area (Å²) < 4.78 is 18.3. The molecular formula is C15H19N2O3P. The summed E-state index contributed by atoms with van der Waals surface area (Å²) in [5.41, 5.74) is 1.46. The van der Waals surface area contributed by atoms with E-state index in [1.165, 1.54) is 13.3 Å². The lowest BCUT2D eigenvalue weighted by atomic mass is 10.3. The number of nitrogens with zero attached hydrogens (tertiary/aromatic N) is 2. The maximum Gasteiger partial charge on any atom is 0.263 e. The van der Waals surface area contributed by atoms with Gasteiger partial charge >= 0.3 is 0 Å². The van der Waals surface area contributed by atoms with E-state index in [4.69, 9.17) is 4.52 Å². The summed E-state index contributed by atoms with van der Waals surface area (Å²) >= 11 is 0. The van der Waals surface area contributed by atoms with Gasteiger partial charge in [0, 0.05) is 50.2 Å². The van der Waals surface area contributed by atoms with Gasteiger partial charge in [0.15, 0.2) is 5.85 Å². The van der Waals surface area contributed by atoms with Crippen LogP contribution in [0.1, 0.15) is 11.4 Å². The highest BCUT2D eigenvalue weighted by molar-refractivity contribution is 7.67. The second-order valence-corrected chi connectivity index (χ2v) is 7.42. The van der Waals surface area contributed by atoms with Crippen molar-refractivity contribution in [1.29, 1.82) is 0 Å². The van der Waals surface area contributed by atoms with Crippen LogP contribution in [0.4, 0.5) is 5.69 Å². The van der Waals surface area contributed by atoms with E-state index < -0.39 is 13.2 Å². The maximum atomic E-state index is 13.1. The first-order valence-corrected chi connectivity index (χ1v) is 8.20. The summed E-state index contributed by atoms with van der Waals surface area (Å²) in [6.07, 6.45) is 3.09. The molecule has 6 heteroatoms. The van der Waals surface area contributed by atoms with Gasteiger partial charge in [0.2, 0.25) is 0 Å². The van der Waals surface area contributed by atoms with E-state index in [1.54, 1.807) is 30.5 Å². The van der Waals surface area contributed by atoms with Crippen LogP contribution in [0.15, 0.2) is 48.8 Å². The number of hydrogen-bond acceptors (Lipinski definition) is 5. The van der Waals surface area contributed by atoms with Crippen LogP contribution >= 0.6 is 7.37 Å². The van der Waals surface area contributed by atoms with E-state index in [0.29, 0.717) is 10.9 Å². The summed E-state index contributed by atoms with van der Waals surface area (Å²) in [7, 11) is 1.78. The van der Waals surface area contributed by atoms with E-state index in [-0.39, 0.29) is 0 Å². The molecule has 0 saturated heterocycles. The Morgan fingerprint density at radius 3 is 2.38 bits per heavy atom. The van der Waals surface area contributed by atoms with Crippen molar-refractivity contribution in [2.24, 2.45) is 0 Å². The third-order valence-corrected chi connectivity index (χ3v) is 5.80. The molecule has 1 aromatic heterocycles. The van der Waals surface area contributed by atoms with Crippen LogP contribution in [0.2, 0.25) is 0 Å².